The van der Waals surface area contributed by atoms with E-state index in [1.54, 1.807) is 22.9 Å². The minimum absolute atomic E-state index is 0.123. The minimum Gasteiger partial charge on any atom is -0.469 e. The van der Waals surface area contributed by atoms with Gasteiger partial charge in [0.25, 0.3) is 0 Å². The number of hydrogen-bond acceptors (Lipinski definition) is 8. The number of carbonyl (C=O) groups excluding carboxylic acids is 1. The topological polar surface area (TPSA) is 97.1 Å². The standard InChI is InChI=1S/C23H21N5O2S3/c24-18-21(29)28-19(16(13-33-22(18)28)12-32-17-11-25-27-26-17)23(31)30-20(14-7-3-1-4-8-14)15-9-5-2-6-10-15/h1-11,18,20,22H,12-13,24H2,(H,25,26,27)/t18-,22-/m1/s1. The maximum Gasteiger partial charge on any atom is 0.248 e. The van der Waals surface area contributed by atoms with Gasteiger partial charge in [-0.05, 0) is 28.9 Å². The summed E-state index contributed by atoms with van der Waals surface area (Å²) in [6.45, 7) is 0. The predicted octanol–water partition coefficient (Wildman–Crippen LogP) is 3.53. The molecular formula is C23H21N5O2S3. The lowest BCUT2D eigenvalue weighted by molar-refractivity contribution is -0.140. The molecular weight excluding hydrogens is 474 g/mol. The number of rotatable bonds is 7. The van der Waals surface area contributed by atoms with E-state index in [0.717, 1.165) is 21.7 Å². The average Bonchev–Trinajstić information content (AvgIpc) is 3.39. The fourth-order valence-electron chi connectivity index (χ4n) is 3.85. The fraction of sp³-hybridized carbons (Fsp3) is 0.217. The van der Waals surface area contributed by atoms with Gasteiger partial charge in [0.2, 0.25) is 11.0 Å². The van der Waals surface area contributed by atoms with Crippen LogP contribution in [0.4, 0.5) is 0 Å². The van der Waals surface area contributed by atoms with Crippen LogP contribution >= 0.6 is 35.7 Å². The Labute approximate surface area is 205 Å². The Kier molecular flexibility index (Phi) is 6.50. The number of amides is 1. The van der Waals surface area contributed by atoms with E-state index in [-0.39, 0.29) is 11.3 Å². The molecule has 0 saturated carbocycles. The molecule has 3 aromatic rings. The van der Waals surface area contributed by atoms with E-state index in [9.17, 15) is 4.79 Å². The molecule has 3 heterocycles. The van der Waals surface area contributed by atoms with Gasteiger partial charge >= 0.3 is 0 Å². The van der Waals surface area contributed by atoms with Crippen molar-refractivity contribution >= 4 is 46.7 Å². The van der Waals surface area contributed by atoms with Gasteiger partial charge in [-0.3, -0.25) is 9.69 Å². The Morgan fingerprint density at radius 1 is 1.21 bits per heavy atom. The Balaban J connectivity index is 1.47. The van der Waals surface area contributed by atoms with E-state index in [2.05, 4.69) is 15.4 Å². The summed E-state index contributed by atoms with van der Waals surface area (Å²) in [5, 5.41) is 11.5. The quantitative estimate of drug-likeness (QED) is 0.292. The van der Waals surface area contributed by atoms with Crippen molar-refractivity contribution in [1.29, 1.82) is 0 Å². The molecule has 168 valence electrons. The van der Waals surface area contributed by atoms with Crippen molar-refractivity contribution < 1.29 is 9.53 Å². The molecule has 7 nitrogen and oxygen atoms in total. The Morgan fingerprint density at radius 3 is 2.48 bits per heavy atom. The lowest BCUT2D eigenvalue weighted by atomic mass is 10.0. The lowest BCUT2D eigenvalue weighted by Crippen LogP contribution is -2.68. The molecule has 5 rings (SSSR count). The molecule has 2 atom stereocenters. The monoisotopic (exact) mass is 495 g/mol. The molecule has 0 spiro atoms. The molecule has 0 radical (unpaired) electrons. The van der Waals surface area contributed by atoms with Crippen LogP contribution in [0.15, 0.2) is 83.2 Å². The van der Waals surface area contributed by atoms with Crippen LogP contribution < -0.4 is 5.73 Å². The predicted molar refractivity (Wildman–Crippen MR) is 134 cm³/mol. The van der Waals surface area contributed by atoms with Gasteiger partial charge in [-0.25, -0.2) is 0 Å². The first-order chi connectivity index (χ1) is 16.1. The zero-order valence-electron chi connectivity index (χ0n) is 17.5. The van der Waals surface area contributed by atoms with Gasteiger partial charge < -0.3 is 10.5 Å². The molecule has 1 aromatic heterocycles. The van der Waals surface area contributed by atoms with E-state index in [4.69, 9.17) is 22.7 Å². The highest BCUT2D eigenvalue weighted by molar-refractivity contribution is 8.01. The van der Waals surface area contributed by atoms with Crippen molar-refractivity contribution in [2.75, 3.05) is 11.5 Å². The summed E-state index contributed by atoms with van der Waals surface area (Å²) >= 11 is 9.02. The number of fused-ring (bicyclic) bond motifs is 1. The van der Waals surface area contributed by atoms with Gasteiger partial charge in [0.15, 0.2) is 0 Å². The minimum atomic E-state index is -0.517. The Bertz CT molecular complexity index is 1130. The number of carbonyl (C=O) groups is 1. The van der Waals surface area contributed by atoms with Crippen LogP contribution in [0.3, 0.4) is 0 Å². The number of β-lactam (4-membered cyclic amide) rings is 1. The summed E-state index contributed by atoms with van der Waals surface area (Å²) in [5.74, 6) is 1.20. The number of ether oxygens (including phenoxy) is 1. The van der Waals surface area contributed by atoms with Crippen LogP contribution in [0, 0.1) is 0 Å². The molecule has 0 unspecified atom stereocenters. The summed E-state index contributed by atoms with van der Waals surface area (Å²) < 4.78 is 6.45. The number of thiocarbonyl (C=S) groups is 1. The first-order valence-corrected chi connectivity index (χ1v) is 12.8. The molecule has 2 aliphatic rings. The van der Waals surface area contributed by atoms with Crippen LogP contribution in [-0.2, 0) is 9.53 Å². The zero-order chi connectivity index (χ0) is 22.8. The second-order valence-electron chi connectivity index (χ2n) is 7.59. The van der Waals surface area contributed by atoms with E-state index >= 15 is 0 Å². The summed E-state index contributed by atoms with van der Waals surface area (Å²) in [5.41, 5.74) is 9.73. The van der Waals surface area contributed by atoms with Gasteiger partial charge in [0.05, 0.1) is 11.9 Å². The van der Waals surface area contributed by atoms with Crippen molar-refractivity contribution in [2.45, 2.75) is 22.5 Å². The van der Waals surface area contributed by atoms with E-state index < -0.39 is 12.1 Å². The molecule has 2 aliphatic heterocycles. The van der Waals surface area contributed by atoms with Gasteiger partial charge in [-0.2, -0.15) is 10.3 Å². The number of aromatic amines is 1. The Hall–Kier alpha value is -2.66. The molecule has 0 bridgehead atoms. The van der Waals surface area contributed by atoms with Gasteiger partial charge in [0, 0.05) is 11.5 Å². The molecule has 2 aromatic carbocycles. The Morgan fingerprint density at radius 2 is 1.88 bits per heavy atom. The number of nitrogens with zero attached hydrogens (tertiary/aromatic N) is 3. The number of thioether (sulfide) groups is 2. The van der Waals surface area contributed by atoms with Crippen LogP contribution in [0.2, 0.25) is 0 Å². The van der Waals surface area contributed by atoms with Crippen molar-refractivity contribution in [1.82, 2.24) is 20.3 Å². The number of nitrogens with two attached hydrogens (primary N) is 1. The lowest BCUT2D eigenvalue weighted by Gasteiger charge is -2.49. The van der Waals surface area contributed by atoms with E-state index in [1.807, 2.05) is 60.7 Å². The molecule has 10 heteroatoms. The number of nitrogens with one attached hydrogen (secondary N) is 1. The smallest absolute Gasteiger partial charge is 0.248 e. The number of hydrogen-bond donors (Lipinski definition) is 2. The highest BCUT2D eigenvalue weighted by Gasteiger charge is 2.51. The van der Waals surface area contributed by atoms with Crippen LogP contribution in [0.25, 0.3) is 0 Å². The molecule has 0 aliphatic carbocycles. The summed E-state index contributed by atoms with van der Waals surface area (Å²) in [4.78, 5) is 14.4. The third kappa shape index (κ3) is 4.43. The largest absolute Gasteiger partial charge is 0.469 e. The first kappa shape index (κ1) is 22.1. The number of aromatic nitrogens is 3. The summed E-state index contributed by atoms with van der Waals surface area (Å²) in [6, 6.07) is 19.4. The SMILES string of the molecule is N[C@@H]1C(=O)N2C(C(=S)OC(c3ccccc3)c3ccccc3)=C(CSc3cn[nH]n3)CS[C@H]12. The fourth-order valence-corrected chi connectivity index (χ4v) is 6.40. The van der Waals surface area contributed by atoms with Crippen LogP contribution in [0.5, 0.6) is 0 Å². The second-order valence-corrected chi connectivity index (χ2v) is 10.1. The third-order valence-electron chi connectivity index (χ3n) is 5.50. The van der Waals surface area contributed by atoms with E-state index in [0.29, 0.717) is 22.3 Å². The highest BCUT2D eigenvalue weighted by Crippen LogP contribution is 2.42. The number of H-pyrrole nitrogens is 1. The van der Waals surface area contributed by atoms with Crippen molar-refractivity contribution in [3.63, 3.8) is 0 Å². The van der Waals surface area contributed by atoms with Gasteiger partial charge in [0.1, 0.15) is 22.5 Å². The normalized spacial score (nSPS) is 19.9. The van der Waals surface area contributed by atoms with Crippen LogP contribution in [0.1, 0.15) is 17.2 Å². The van der Waals surface area contributed by atoms with Gasteiger partial charge in [-0.1, -0.05) is 72.4 Å². The second kappa shape index (κ2) is 9.68. The van der Waals surface area contributed by atoms with Gasteiger partial charge in [-0.15, -0.1) is 16.9 Å². The molecule has 3 N–H and O–H groups in total. The molecule has 1 fully saturated rings. The maximum atomic E-state index is 12.7. The molecule has 1 amide bonds. The maximum absolute atomic E-state index is 12.7. The van der Waals surface area contributed by atoms with Crippen molar-refractivity contribution in [3.05, 3.63) is 89.3 Å². The van der Waals surface area contributed by atoms with Crippen molar-refractivity contribution in [2.24, 2.45) is 5.73 Å². The van der Waals surface area contributed by atoms with Crippen LogP contribution in [-0.4, -0.2) is 54.2 Å². The zero-order valence-corrected chi connectivity index (χ0v) is 19.9. The molecule has 33 heavy (non-hydrogen) atoms. The highest BCUT2D eigenvalue weighted by atomic mass is 32.2. The summed E-state index contributed by atoms with van der Waals surface area (Å²) in [7, 11) is 0. The number of benzene rings is 2. The van der Waals surface area contributed by atoms with Crippen molar-refractivity contribution in [3.8, 4) is 0 Å². The molecule has 1 saturated heterocycles. The first-order valence-electron chi connectivity index (χ1n) is 10.3. The van der Waals surface area contributed by atoms with E-state index in [1.165, 1.54) is 11.8 Å². The third-order valence-corrected chi connectivity index (χ3v) is 8.13. The summed E-state index contributed by atoms with van der Waals surface area (Å²) in [6.07, 6.45) is 1.28. The average molecular weight is 496 g/mol.